The quantitative estimate of drug-likeness (QED) is 0.703. The molecule has 2 aromatic carbocycles. The van der Waals surface area contributed by atoms with Crippen molar-refractivity contribution in [3.8, 4) is 0 Å². The second-order valence-corrected chi connectivity index (χ2v) is 6.85. The second kappa shape index (κ2) is 5.58. The Morgan fingerprint density at radius 2 is 2.00 bits per heavy atom. The van der Waals surface area contributed by atoms with E-state index in [4.69, 9.17) is 0 Å². The Bertz CT molecular complexity index is 841. The van der Waals surface area contributed by atoms with E-state index in [-0.39, 0.29) is 5.91 Å². The number of fused-ring (bicyclic) bond motifs is 1. The fourth-order valence-corrected chi connectivity index (χ4v) is 3.51. The summed E-state index contributed by atoms with van der Waals surface area (Å²) in [4.78, 5) is 16.8. The molecular formula is C16H13BrN2OS. The van der Waals surface area contributed by atoms with Gasteiger partial charge >= 0.3 is 0 Å². The zero-order valence-electron chi connectivity index (χ0n) is 11.6. The highest BCUT2D eigenvalue weighted by atomic mass is 79.9. The van der Waals surface area contributed by atoms with Gasteiger partial charge in [0, 0.05) is 10.0 Å². The Morgan fingerprint density at radius 3 is 2.81 bits per heavy atom. The third-order valence-corrected chi connectivity index (χ3v) is 4.64. The Kier molecular flexibility index (Phi) is 3.78. The van der Waals surface area contributed by atoms with Crippen LogP contribution in [-0.2, 0) is 0 Å². The number of halogens is 1. The van der Waals surface area contributed by atoms with Crippen LogP contribution in [0.3, 0.4) is 0 Å². The number of rotatable bonds is 2. The number of aromatic nitrogens is 1. The van der Waals surface area contributed by atoms with E-state index >= 15 is 0 Å². The van der Waals surface area contributed by atoms with Crippen LogP contribution in [0.5, 0.6) is 0 Å². The number of thiazole rings is 1. The first-order valence-corrected chi connectivity index (χ1v) is 8.08. The zero-order chi connectivity index (χ0) is 15.0. The van der Waals surface area contributed by atoms with Crippen molar-refractivity contribution >= 4 is 48.5 Å². The van der Waals surface area contributed by atoms with Crippen LogP contribution in [0.2, 0.25) is 0 Å². The predicted octanol–water partition coefficient (Wildman–Crippen LogP) is 4.93. The summed E-state index contributed by atoms with van der Waals surface area (Å²) in [6.45, 7) is 3.91. The van der Waals surface area contributed by atoms with Crippen LogP contribution in [-0.4, -0.2) is 10.9 Å². The number of carbonyl (C=O) groups excluding carboxylic acids is 1. The standard InChI is InChI=1S/C16H13BrN2OS/c1-9-3-4-10(2)12(7-9)15(20)19-16-18-13-6-5-11(17)8-14(13)21-16/h3-8H,1-2H3,(H,18,19,20). The van der Waals surface area contributed by atoms with Gasteiger partial charge in [-0.3, -0.25) is 10.1 Å². The van der Waals surface area contributed by atoms with E-state index in [2.05, 4.69) is 26.2 Å². The first kappa shape index (κ1) is 14.2. The van der Waals surface area contributed by atoms with Crippen molar-refractivity contribution in [2.24, 2.45) is 0 Å². The van der Waals surface area contributed by atoms with Crippen LogP contribution in [0.4, 0.5) is 5.13 Å². The predicted molar refractivity (Wildman–Crippen MR) is 91.2 cm³/mol. The van der Waals surface area contributed by atoms with Gasteiger partial charge in [-0.05, 0) is 43.7 Å². The van der Waals surface area contributed by atoms with Crippen LogP contribution in [0, 0.1) is 13.8 Å². The van der Waals surface area contributed by atoms with Gasteiger partial charge in [0.1, 0.15) is 0 Å². The van der Waals surface area contributed by atoms with Gasteiger partial charge < -0.3 is 0 Å². The van der Waals surface area contributed by atoms with Gasteiger partial charge in [0.15, 0.2) is 5.13 Å². The molecule has 1 amide bonds. The molecule has 106 valence electrons. The van der Waals surface area contributed by atoms with E-state index in [1.54, 1.807) is 0 Å². The first-order valence-electron chi connectivity index (χ1n) is 6.47. The summed E-state index contributed by atoms with van der Waals surface area (Å²) < 4.78 is 2.05. The fraction of sp³-hybridized carbons (Fsp3) is 0.125. The van der Waals surface area contributed by atoms with Crippen LogP contribution in [0.15, 0.2) is 40.9 Å². The maximum Gasteiger partial charge on any atom is 0.257 e. The molecule has 0 aliphatic heterocycles. The minimum Gasteiger partial charge on any atom is -0.298 e. The number of hydrogen-bond donors (Lipinski definition) is 1. The fourth-order valence-electron chi connectivity index (χ4n) is 2.10. The largest absolute Gasteiger partial charge is 0.298 e. The van der Waals surface area contributed by atoms with Crippen molar-refractivity contribution in [3.05, 3.63) is 57.6 Å². The molecule has 0 spiro atoms. The van der Waals surface area contributed by atoms with E-state index in [9.17, 15) is 4.79 Å². The lowest BCUT2D eigenvalue weighted by Gasteiger charge is -2.06. The molecule has 21 heavy (non-hydrogen) atoms. The molecule has 0 saturated heterocycles. The molecule has 0 atom stereocenters. The smallest absolute Gasteiger partial charge is 0.257 e. The highest BCUT2D eigenvalue weighted by molar-refractivity contribution is 9.10. The number of carbonyl (C=O) groups is 1. The molecule has 0 radical (unpaired) electrons. The molecule has 3 aromatic rings. The third kappa shape index (κ3) is 2.99. The molecule has 0 unspecified atom stereocenters. The number of benzene rings is 2. The summed E-state index contributed by atoms with van der Waals surface area (Å²) in [5.41, 5.74) is 3.61. The molecule has 1 aromatic heterocycles. The van der Waals surface area contributed by atoms with E-state index < -0.39 is 0 Å². The lowest BCUT2D eigenvalue weighted by molar-refractivity contribution is 0.102. The summed E-state index contributed by atoms with van der Waals surface area (Å²) in [7, 11) is 0. The Balaban J connectivity index is 1.90. The van der Waals surface area contributed by atoms with Gasteiger partial charge in [-0.25, -0.2) is 4.98 Å². The highest BCUT2D eigenvalue weighted by Gasteiger charge is 2.12. The van der Waals surface area contributed by atoms with Crippen molar-refractivity contribution in [2.75, 3.05) is 5.32 Å². The van der Waals surface area contributed by atoms with Gasteiger partial charge in [-0.1, -0.05) is 45.0 Å². The molecule has 0 bridgehead atoms. The number of amides is 1. The molecule has 0 aliphatic rings. The molecule has 5 heteroatoms. The third-order valence-electron chi connectivity index (χ3n) is 3.21. The lowest BCUT2D eigenvalue weighted by Crippen LogP contribution is -2.13. The monoisotopic (exact) mass is 360 g/mol. The van der Waals surface area contributed by atoms with E-state index in [0.717, 1.165) is 25.8 Å². The van der Waals surface area contributed by atoms with Crippen LogP contribution in [0.25, 0.3) is 10.2 Å². The van der Waals surface area contributed by atoms with Crippen molar-refractivity contribution in [1.82, 2.24) is 4.98 Å². The number of nitrogens with zero attached hydrogens (tertiary/aromatic N) is 1. The van der Waals surface area contributed by atoms with Crippen LogP contribution < -0.4 is 5.32 Å². The van der Waals surface area contributed by atoms with Crippen LogP contribution in [0.1, 0.15) is 21.5 Å². The Hall–Kier alpha value is -1.72. The molecule has 1 heterocycles. The minimum atomic E-state index is -0.116. The number of nitrogens with one attached hydrogen (secondary N) is 1. The van der Waals surface area contributed by atoms with Gasteiger partial charge in [0.2, 0.25) is 0 Å². The number of anilines is 1. The van der Waals surface area contributed by atoms with E-state index in [0.29, 0.717) is 10.7 Å². The van der Waals surface area contributed by atoms with E-state index in [1.165, 1.54) is 11.3 Å². The van der Waals surface area contributed by atoms with Crippen molar-refractivity contribution in [1.29, 1.82) is 0 Å². The summed E-state index contributed by atoms with van der Waals surface area (Å²) in [5.74, 6) is -0.116. The summed E-state index contributed by atoms with van der Waals surface area (Å²) >= 11 is 4.91. The number of aryl methyl sites for hydroxylation is 2. The molecule has 1 N–H and O–H groups in total. The molecule has 0 aliphatic carbocycles. The maximum absolute atomic E-state index is 12.4. The summed E-state index contributed by atoms with van der Waals surface area (Å²) in [5, 5.41) is 3.51. The second-order valence-electron chi connectivity index (χ2n) is 4.90. The summed E-state index contributed by atoms with van der Waals surface area (Å²) in [6, 6.07) is 11.7. The van der Waals surface area contributed by atoms with Gasteiger partial charge in [-0.15, -0.1) is 0 Å². The average Bonchev–Trinajstić information content (AvgIpc) is 2.82. The normalized spacial score (nSPS) is 10.8. The molecule has 0 fully saturated rings. The molecule has 3 nitrogen and oxygen atoms in total. The Labute approximate surface area is 135 Å². The number of hydrogen-bond acceptors (Lipinski definition) is 3. The molecule has 0 saturated carbocycles. The highest BCUT2D eigenvalue weighted by Crippen LogP contribution is 2.28. The van der Waals surface area contributed by atoms with E-state index in [1.807, 2.05) is 50.2 Å². The van der Waals surface area contributed by atoms with Crippen molar-refractivity contribution in [3.63, 3.8) is 0 Å². The average molecular weight is 361 g/mol. The summed E-state index contributed by atoms with van der Waals surface area (Å²) in [6.07, 6.45) is 0. The lowest BCUT2D eigenvalue weighted by atomic mass is 10.1. The molecular weight excluding hydrogens is 348 g/mol. The van der Waals surface area contributed by atoms with Gasteiger partial charge in [0.05, 0.1) is 10.2 Å². The topological polar surface area (TPSA) is 42.0 Å². The van der Waals surface area contributed by atoms with Crippen molar-refractivity contribution < 1.29 is 4.79 Å². The zero-order valence-corrected chi connectivity index (χ0v) is 14.0. The maximum atomic E-state index is 12.4. The molecule has 3 rings (SSSR count). The van der Waals surface area contributed by atoms with Crippen molar-refractivity contribution in [2.45, 2.75) is 13.8 Å². The Morgan fingerprint density at radius 1 is 1.19 bits per heavy atom. The van der Waals surface area contributed by atoms with Crippen LogP contribution >= 0.6 is 27.3 Å². The first-order chi connectivity index (χ1) is 10.0. The SMILES string of the molecule is Cc1ccc(C)c(C(=O)Nc2nc3ccc(Br)cc3s2)c1. The van der Waals surface area contributed by atoms with Gasteiger partial charge in [-0.2, -0.15) is 0 Å². The minimum absolute atomic E-state index is 0.116. The van der Waals surface area contributed by atoms with Gasteiger partial charge in [0.25, 0.3) is 5.91 Å².